The Morgan fingerprint density at radius 3 is 2.37 bits per heavy atom. The van der Waals surface area contributed by atoms with Crippen molar-refractivity contribution in [2.75, 3.05) is 43.4 Å². The minimum Gasteiger partial charge on any atom is -0.462 e. The van der Waals surface area contributed by atoms with Crippen molar-refractivity contribution in [3.05, 3.63) is 73.4 Å². The molecule has 0 saturated carbocycles. The van der Waals surface area contributed by atoms with Crippen LogP contribution in [-0.4, -0.2) is 64.4 Å². The number of piperazine rings is 1. The fraction of sp³-hybridized carbons (Fsp3) is 0.321. The number of benzene rings is 1. The highest BCUT2D eigenvalue weighted by Crippen LogP contribution is 2.27. The van der Waals surface area contributed by atoms with Crippen LogP contribution in [0.4, 0.5) is 17.2 Å². The standard InChI is InChI=1S/C24H27N7O2.C3H6.CH5N/c1-16(2)29-9-11-30(12-10-29)19-5-3-18(4-6-19)28-23-24-26-7-8-31(24)20(14-27-23)21-13-17(15-33-21)22(25)32;1-3-2;1-2/h3-8,13-16H,9-12H2,1-2H3,(H2,25,32)(H,27,28);3H,1H2,2H3;2H2,1H3. The molecule has 0 spiro atoms. The Bertz CT molecular complexity index is 1320. The average Bonchev–Trinajstić information content (AvgIpc) is 3.62. The van der Waals surface area contributed by atoms with Crippen molar-refractivity contribution in [2.24, 2.45) is 11.5 Å². The number of aromatic nitrogens is 3. The molecule has 5 N–H and O–H groups in total. The van der Waals surface area contributed by atoms with E-state index in [0.29, 0.717) is 34.5 Å². The van der Waals surface area contributed by atoms with E-state index in [-0.39, 0.29) is 0 Å². The zero-order chi connectivity index (χ0) is 27.7. The van der Waals surface area contributed by atoms with Gasteiger partial charge in [0.2, 0.25) is 0 Å². The van der Waals surface area contributed by atoms with E-state index in [0.717, 1.165) is 31.9 Å². The maximum absolute atomic E-state index is 11.4. The second-order valence-corrected chi connectivity index (χ2v) is 8.87. The van der Waals surface area contributed by atoms with Crippen molar-refractivity contribution >= 4 is 28.7 Å². The summed E-state index contributed by atoms with van der Waals surface area (Å²) in [5.74, 6) is 0.583. The smallest absolute Gasteiger partial charge is 0.251 e. The summed E-state index contributed by atoms with van der Waals surface area (Å²) in [6, 6.07) is 10.6. The Morgan fingerprint density at radius 2 is 1.79 bits per heavy atom. The van der Waals surface area contributed by atoms with E-state index < -0.39 is 5.91 Å². The first-order valence-electron chi connectivity index (χ1n) is 12.6. The molecular formula is C28H38N8O2. The summed E-state index contributed by atoms with van der Waals surface area (Å²) in [6.45, 7) is 14.0. The lowest BCUT2D eigenvalue weighted by Crippen LogP contribution is -2.48. The molecule has 0 aliphatic carbocycles. The molecule has 1 fully saturated rings. The number of allylic oxidation sites excluding steroid dienone is 1. The molecule has 1 amide bonds. The van der Waals surface area contributed by atoms with Crippen molar-refractivity contribution in [2.45, 2.75) is 26.8 Å². The van der Waals surface area contributed by atoms with Gasteiger partial charge in [0.05, 0.1) is 11.8 Å². The van der Waals surface area contributed by atoms with E-state index in [9.17, 15) is 4.79 Å². The molecule has 0 atom stereocenters. The van der Waals surface area contributed by atoms with Gasteiger partial charge in [0.25, 0.3) is 5.91 Å². The number of carbonyl (C=O) groups is 1. The number of nitrogens with zero attached hydrogens (tertiary/aromatic N) is 5. The largest absolute Gasteiger partial charge is 0.462 e. The molecule has 4 aromatic rings. The van der Waals surface area contributed by atoms with Gasteiger partial charge in [-0.2, -0.15) is 0 Å². The molecule has 1 aliphatic heterocycles. The third kappa shape index (κ3) is 6.58. The summed E-state index contributed by atoms with van der Waals surface area (Å²) in [4.78, 5) is 25.3. The number of hydrogen-bond acceptors (Lipinski definition) is 8. The fourth-order valence-electron chi connectivity index (χ4n) is 4.18. The van der Waals surface area contributed by atoms with E-state index in [2.05, 4.69) is 75.5 Å². The summed E-state index contributed by atoms with van der Waals surface area (Å²) in [5, 5.41) is 3.36. The predicted octanol–water partition coefficient (Wildman–Crippen LogP) is 4.13. The van der Waals surface area contributed by atoms with Crippen LogP contribution in [0.2, 0.25) is 0 Å². The fourth-order valence-corrected chi connectivity index (χ4v) is 4.18. The van der Waals surface area contributed by atoms with Crippen LogP contribution >= 0.6 is 0 Å². The minimum absolute atomic E-state index is 0.311. The van der Waals surface area contributed by atoms with Gasteiger partial charge in [0.15, 0.2) is 17.2 Å². The summed E-state index contributed by atoms with van der Waals surface area (Å²) < 4.78 is 7.38. The number of anilines is 3. The molecule has 1 aliphatic rings. The number of furan rings is 1. The normalized spacial score (nSPS) is 13.4. The van der Waals surface area contributed by atoms with Crippen molar-refractivity contribution in [3.63, 3.8) is 0 Å². The van der Waals surface area contributed by atoms with Crippen LogP contribution < -0.4 is 21.7 Å². The van der Waals surface area contributed by atoms with E-state index in [1.54, 1.807) is 24.5 Å². The number of nitrogens with one attached hydrogen (secondary N) is 1. The number of nitrogens with two attached hydrogens (primary N) is 2. The van der Waals surface area contributed by atoms with E-state index in [4.69, 9.17) is 10.2 Å². The third-order valence-corrected chi connectivity index (χ3v) is 6.10. The van der Waals surface area contributed by atoms with Gasteiger partial charge in [-0.3, -0.25) is 14.1 Å². The molecule has 10 nitrogen and oxygen atoms in total. The maximum atomic E-state index is 11.4. The van der Waals surface area contributed by atoms with Crippen LogP contribution in [0, 0.1) is 0 Å². The highest BCUT2D eigenvalue weighted by Gasteiger charge is 2.19. The highest BCUT2D eigenvalue weighted by atomic mass is 16.3. The van der Waals surface area contributed by atoms with Crippen LogP contribution in [0.25, 0.3) is 17.1 Å². The Morgan fingerprint density at radius 1 is 1.13 bits per heavy atom. The Labute approximate surface area is 224 Å². The summed E-state index contributed by atoms with van der Waals surface area (Å²) in [5.41, 5.74) is 13.6. The van der Waals surface area contributed by atoms with Crippen molar-refractivity contribution in [1.29, 1.82) is 0 Å². The topological polar surface area (TPSA) is 131 Å². The minimum atomic E-state index is -0.539. The SMILES string of the molecule is C=CC.CC(C)N1CCN(c2ccc(Nc3ncc(-c4cc(C(N)=O)co4)n4ccnc34)cc2)CC1.CN. The molecule has 1 aromatic carbocycles. The highest BCUT2D eigenvalue weighted by molar-refractivity contribution is 5.93. The number of imidazole rings is 1. The molecule has 0 unspecified atom stereocenters. The molecule has 0 bridgehead atoms. The van der Waals surface area contributed by atoms with Crippen LogP contribution in [0.3, 0.4) is 0 Å². The first-order valence-corrected chi connectivity index (χ1v) is 12.6. The Kier molecular flexibility index (Phi) is 10.0. The summed E-state index contributed by atoms with van der Waals surface area (Å²) >= 11 is 0. The third-order valence-electron chi connectivity index (χ3n) is 6.10. The number of hydrogen-bond donors (Lipinski definition) is 3. The first kappa shape index (κ1) is 28.4. The number of primary amides is 1. The molecule has 1 saturated heterocycles. The van der Waals surface area contributed by atoms with Crippen molar-refractivity contribution in [1.82, 2.24) is 19.3 Å². The number of fused-ring (bicyclic) bond motifs is 1. The predicted molar refractivity (Wildman–Crippen MR) is 154 cm³/mol. The molecule has 0 radical (unpaired) electrons. The van der Waals surface area contributed by atoms with Gasteiger partial charge < -0.3 is 26.1 Å². The molecule has 202 valence electrons. The second kappa shape index (κ2) is 13.4. The summed E-state index contributed by atoms with van der Waals surface area (Å²) in [7, 11) is 1.50. The molecule has 5 rings (SSSR count). The van der Waals surface area contributed by atoms with Gasteiger partial charge in [-0.1, -0.05) is 6.08 Å². The molecule has 38 heavy (non-hydrogen) atoms. The van der Waals surface area contributed by atoms with Crippen LogP contribution in [-0.2, 0) is 0 Å². The summed E-state index contributed by atoms with van der Waals surface area (Å²) in [6.07, 6.45) is 8.30. The van der Waals surface area contributed by atoms with Gasteiger partial charge >= 0.3 is 0 Å². The van der Waals surface area contributed by atoms with Crippen LogP contribution in [0.5, 0.6) is 0 Å². The first-order chi connectivity index (χ1) is 18.4. The van der Waals surface area contributed by atoms with Gasteiger partial charge in [0.1, 0.15) is 12.0 Å². The van der Waals surface area contributed by atoms with E-state index >= 15 is 0 Å². The number of rotatable bonds is 6. The van der Waals surface area contributed by atoms with Gasteiger partial charge in [-0.05, 0) is 58.2 Å². The van der Waals surface area contributed by atoms with E-state index in [1.807, 2.05) is 17.5 Å². The number of carbonyl (C=O) groups excluding carboxylic acids is 1. The Balaban J connectivity index is 0.000000748. The molecular weight excluding hydrogens is 480 g/mol. The van der Waals surface area contributed by atoms with Gasteiger partial charge in [-0.15, -0.1) is 6.58 Å². The average molecular weight is 519 g/mol. The molecule has 3 aromatic heterocycles. The van der Waals surface area contributed by atoms with E-state index in [1.165, 1.54) is 19.0 Å². The number of amides is 1. The van der Waals surface area contributed by atoms with Gasteiger partial charge in [-0.25, -0.2) is 9.97 Å². The zero-order valence-corrected chi connectivity index (χ0v) is 22.6. The lowest BCUT2D eigenvalue weighted by Gasteiger charge is -2.38. The lowest BCUT2D eigenvalue weighted by molar-refractivity contribution is 0.0999. The zero-order valence-electron chi connectivity index (χ0n) is 22.6. The van der Waals surface area contributed by atoms with Crippen LogP contribution in [0.15, 0.2) is 72.3 Å². The maximum Gasteiger partial charge on any atom is 0.251 e. The Hall–Kier alpha value is -4.15. The monoisotopic (exact) mass is 518 g/mol. The molecule has 4 heterocycles. The van der Waals surface area contributed by atoms with Crippen molar-refractivity contribution in [3.8, 4) is 11.5 Å². The second-order valence-electron chi connectivity index (χ2n) is 8.87. The molecule has 10 heteroatoms. The van der Waals surface area contributed by atoms with Crippen LogP contribution in [0.1, 0.15) is 31.1 Å². The quantitative estimate of drug-likeness (QED) is 0.325. The van der Waals surface area contributed by atoms with Crippen molar-refractivity contribution < 1.29 is 9.21 Å². The lowest BCUT2D eigenvalue weighted by atomic mass is 10.2. The van der Waals surface area contributed by atoms with Gasteiger partial charge in [0, 0.05) is 56.0 Å².